The van der Waals surface area contributed by atoms with E-state index in [1.807, 2.05) is 18.6 Å². The minimum absolute atomic E-state index is 0.140. The van der Waals surface area contributed by atoms with Crippen molar-refractivity contribution in [2.45, 2.75) is 38.8 Å². The second kappa shape index (κ2) is 5.83. The molecular formula is C15H21N3. The van der Waals surface area contributed by atoms with Crippen molar-refractivity contribution in [2.24, 2.45) is 5.73 Å². The molecule has 1 aromatic heterocycles. The van der Waals surface area contributed by atoms with Gasteiger partial charge in [0.05, 0.1) is 6.33 Å². The van der Waals surface area contributed by atoms with E-state index in [1.165, 1.54) is 11.3 Å². The zero-order valence-electron chi connectivity index (χ0n) is 11.1. The van der Waals surface area contributed by atoms with E-state index in [4.69, 9.17) is 5.73 Å². The molecule has 0 fully saturated rings. The highest BCUT2D eigenvalue weighted by molar-refractivity contribution is 5.16. The number of nitrogens with two attached hydrogens (primary N) is 1. The third-order valence-electron chi connectivity index (χ3n) is 3.11. The molecule has 96 valence electrons. The highest BCUT2D eigenvalue weighted by atomic mass is 15.1. The van der Waals surface area contributed by atoms with Crippen LogP contribution in [0.15, 0.2) is 42.9 Å². The summed E-state index contributed by atoms with van der Waals surface area (Å²) in [7, 11) is 0. The fourth-order valence-electron chi connectivity index (χ4n) is 2.21. The van der Waals surface area contributed by atoms with Crippen LogP contribution >= 0.6 is 0 Å². The van der Waals surface area contributed by atoms with Crippen molar-refractivity contribution >= 4 is 0 Å². The molecule has 0 saturated heterocycles. The van der Waals surface area contributed by atoms with Gasteiger partial charge in [0.2, 0.25) is 0 Å². The van der Waals surface area contributed by atoms with Crippen molar-refractivity contribution in [1.29, 1.82) is 0 Å². The van der Waals surface area contributed by atoms with Gasteiger partial charge in [-0.2, -0.15) is 0 Å². The first-order valence-corrected chi connectivity index (χ1v) is 6.47. The molecule has 3 heteroatoms. The van der Waals surface area contributed by atoms with E-state index in [-0.39, 0.29) is 6.04 Å². The van der Waals surface area contributed by atoms with Gasteiger partial charge in [0.1, 0.15) is 0 Å². The summed E-state index contributed by atoms with van der Waals surface area (Å²) in [5.41, 5.74) is 8.73. The van der Waals surface area contributed by atoms with Crippen LogP contribution in [0, 0.1) is 0 Å². The Kier molecular flexibility index (Phi) is 4.15. The van der Waals surface area contributed by atoms with E-state index in [9.17, 15) is 0 Å². The van der Waals surface area contributed by atoms with E-state index < -0.39 is 0 Å². The molecule has 1 atom stereocenters. The SMILES string of the molecule is CC(C)n1cncc1CC(N)Cc1ccccc1. The standard InChI is InChI=1S/C15H21N3/c1-12(2)18-11-17-10-15(18)9-14(16)8-13-6-4-3-5-7-13/h3-7,10-12,14H,8-9,16H2,1-2H3. The predicted molar refractivity (Wildman–Crippen MR) is 74.4 cm³/mol. The van der Waals surface area contributed by atoms with Crippen molar-refractivity contribution in [3.63, 3.8) is 0 Å². The number of nitrogens with zero attached hydrogens (tertiary/aromatic N) is 2. The van der Waals surface area contributed by atoms with Crippen molar-refractivity contribution in [1.82, 2.24) is 9.55 Å². The quantitative estimate of drug-likeness (QED) is 0.877. The molecule has 2 rings (SSSR count). The normalized spacial score (nSPS) is 12.9. The second-order valence-corrected chi connectivity index (χ2v) is 5.04. The first-order chi connectivity index (χ1) is 8.66. The van der Waals surface area contributed by atoms with Gasteiger partial charge in [-0.15, -0.1) is 0 Å². The summed E-state index contributed by atoms with van der Waals surface area (Å²) in [6, 6.07) is 11.0. The Morgan fingerprint density at radius 1 is 1.17 bits per heavy atom. The molecule has 0 amide bonds. The molecule has 0 spiro atoms. The lowest BCUT2D eigenvalue weighted by atomic mass is 10.0. The number of hydrogen-bond donors (Lipinski definition) is 1. The number of benzene rings is 1. The summed E-state index contributed by atoms with van der Waals surface area (Å²) in [4.78, 5) is 4.21. The third-order valence-corrected chi connectivity index (χ3v) is 3.11. The molecule has 2 N–H and O–H groups in total. The highest BCUT2D eigenvalue weighted by Crippen LogP contribution is 2.12. The zero-order valence-corrected chi connectivity index (χ0v) is 11.1. The fourth-order valence-corrected chi connectivity index (χ4v) is 2.21. The second-order valence-electron chi connectivity index (χ2n) is 5.04. The molecule has 1 aromatic carbocycles. The molecule has 3 nitrogen and oxygen atoms in total. The lowest BCUT2D eigenvalue weighted by Crippen LogP contribution is -2.26. The highest BCUT2D eigenvalue weighted by Gasteiger charge is 2.10. The Labute approximate surface area is 109 Å². The van der Waals surface area contributed by atoms with Crippen LogP contribution in [0.1, 0.15) is 31.1 Å². The Balaban J connectivity index is 1.99. The van der Waals surface area contributed by atoms with Gasteiger partial charge in [0.25, 0.3) is 0 Å². The predicted octanol–water partition coefficient (Wildman–Crippen LogP) is 2.58. The van der Waals surface area contributed by atoms with E-state index in [2.05, 4.69) is 47.7 Å². The van der Waals surface area contributed by atoms with Crippen LogP contribution in [0.2, 0.25) is 0 Å². The van der Waals surface area contributed by atoms with Crippen molar-refractivity contribution in [2.75, 3.05) is 0 Å². The van der Waals surface area contributed by atoms with E-state index in [1.54, 1.807) is 0 Å². The number of imidazole rings is 1. The van der Waals surface area contributed by atoms with Crippen molar-refractivity contribution < 1.29 is 0 Å². The van der Waals surface area contributed by atoms with Gasteiger partial charge in [0.15, 0.2) is 0 Å². The minimum Gasteiger partial charge on any atom is -0.332 e. The lowest BCUT2D eigenvalue weighted by Gasteiger charge is -2.15. The zero-order chi connectivity index (χ0) is 13.0. The largest absolute Gasteiger partial charge is 0.332 e. The summed E-state index contributed by atoms with van der Waals surface area (Å²) in [5, 5.41) is 0. The summed E-state index contributed by atoms with van der Waals surface area (Å²) >= 11 is 0. The monoisotopic (exact) mass is 243 g/mol. The maximum absolute atomic E-state index is 6.22. The van der Waals surface area contributed by atoms with Crippen molar-refractivity contribution in [3.05, 3.63) is 54.1 Å². The molecular weight excluding hydrogens is 222 g/mol. The third kappa shape index (κ3) is 3.20. The molecule has 1 heterocycles. The summed E-state index contributed by atoms with van der Waals surface area (Å²) in [6.07, 6.45) is 5.58. The van der Waals surface area contributed by atoms with Gasteiger partial charge in [-0.1, -0.05) is 30.3 Å². The lowest BCUT2D eigenvalue weighted by molar-refractivity contribution is 0.548. The van der Waals surface area contributed by atoms with Crippen LogP contribution in [0.3, 0.4) is 0 Å². The molecule has 1 unspecified atom stereocenters. The Morgan fingerprint density at radius 2 is 1.89 bits per heavy atom. The number of rotatable bonds is 5. The van der Waals surface area contributed by atoms with Crippen LogP contribution < -0.4 is 5.73 Å². The molecule has 0 saturated carbocycles. The number of hydrogen-bond acceptors (Lipinski definition) is 2. The van der Waals surface area contributed by atoms with Crippen molar-refractivity contribution in [3.8, 4) is 0 Å². The summed E-state index contributed by atoms with van der Waals surface area (Å²) in [6.45, 7) is 4.32. The van der Waals surface area contributed by atoms with E-state index in [0.717, 1.165) is 12.8 Å². The van der Waals surface area contributed by atoms with E-state index in [0.29, 0.717) is 6.04 Å². The Morgan fingerprint density at radius 3 is 2.56 bits per heavy atom. The minimum atomic E-state index is 0.140. The molecule has 18 heavy (non-hydrogen) atoms. The van der Waals surface area contributed by atoms with Crippen LogP contribution in [-0.4, -0.2) is 15.6 Å². The van der Waals surface area contributed by atoms with Gasteiger partial charge >= 0.3 is 0 Å². The molecule has 2 aromatic rings. The van der Waals surface area contributed by atoms with Crippen LogP contribution in [0.4, 0.5) is 0 Å². The molecule has 0 aliphatic heterocycles. The molecule has 0 aliphatic carbocycles. The molecule has 0 radical (unpaired) electrons. The van der Waals surface area contributed by atoms with Gasteiger partial charge in [0, 0.05) is 30.4 Å². The molecule has 0 aliphatic rings. The van der Waals surface area contributed by atoms with Crippen LogP contribution in [0.5, 0.6) is 0 Å². The van der Waals surface area contributed by atoms with Gasteiger partial charge in [-0.25, -0.2) is 4.98 Å². The topological polar surface area (TPSA) is 43.8 Å². The molecule has 0 bridgehead atoms. The first kappa shape index (κ1) is 12.8. The van der Waals surface area contributed by atoms with Gasteiger partial charge in [-0.3, -0.25) is 0 Å². The van der Waals surface area contributed by atoms with E-state index >= 15 is 0 Å². The average molecular weight is 243 g/mol. The maximum atomic E-state index is 6.22. The average Bonchev–Trinajstić information content (AvgIpc) is 2.78. The first-order valence-electron chi connectivity index (χ1n) is 6.47. The van der Waals surface area contributed by atoms with Crippen LogP contribution in [-0.2, 0) is 12.8 Å². The maximum Gasteiger partial charge on any atom is 0.0950 e. The van der Waals surface area contributed by atoms with Crippen LogP contribution in [0.25, 0.3) is 0 Å². The van der Waals surface area contributed by atoms with Gasteiger partial charge < -0.3 is 10.3 Å². The Hall–Kier alpha value is -1.61. The Bertz CT molecular complexity index is 473. The summed E-state index contributed by atoms with van der Waals surface area (Å²) in [5.74, 6) is 0. The fraction of sp³-hybridized carbons (Fsp3) is 0.400. The smallest absolute Gasteiger partial charge is 0.0950 e. The number of aromatic nitrogens is 2. The van der Waals surface area contributed by atoms with Gasteiger partial charge in [-0.05, 0) is 25.8 Å². The summed E-state index contributed by atoms with van der Waals surface area (Å²) < 4.78 is 2.19.